The number of pyridine rings is 1. The molecule has 1 amide bonds. The van der Waals surface area contributed by atoms with E-state index >= 15 is 0 Å². The number of imidazole rings is 1. The highest BCUT2D eigenvalue weighted by atomic mass is 16.5. The number of rotatable bonds is 3. The van der Waals surface area contributed by atoms with Gasteiger partial charge in [-0.05, 0) is 43.7 Å². The number of hydrogen-bond acceptors (Lipinski definition) is 4. The van der Waals surface area contributed by atoms with Crippen molar-refractivity contribution >= 4 is 17.2 Å². The number of ether oxygens (including phenoxy) is 1. The number of aromatic nitrogens is 2. The normalized spacial score (nSPS) is 10.7. The van der Waals surface area contributed by atoms with Gasteiger partial charge in [-0.3, -0.25) is 9.20 Å². The summed E-state index contributed by atoms with van der Waals surface area (Å²) in [6.07, 6.45) is 1.75. The van der Waals surface area contributed by atoms with Crippen molar-refractivity contribution in [3.63, 3.8) is 0 Å². The van der Waals surface area contributed by atoms with Gasteiger partial charge in [0.2, 0.25) is 0 Å². The summed E-state index contributed by atoms with van der Waals surface area (Å²) in [4.78, 5) is 17.0. The first-order valence-corrected chi connectivity index (χ1v) is 7.14. The molecule has 0 aliphatic heterocycles. The van der Waals surface area contributed by atoms with Gasteiger partial charge >= 0.3 is 0 Å². The molecule has 2 aromatic heterocycles. The Hall–Kier alpha value is -3.02. The Bertz CT molecular complexity index is 899. The molecular formula is C17H17N3O3. The van der Waals surface area contributed by atoms with E-state index in [1.54, 1.807) is 48.9 Å². The Kier molecular flexibility index (Phi) is 3.65. The van der Waals surface area contributed by atoms with E-state index in [4.69, 9.17) is 4.74 Å². The number of aromatic hydroxyl groups is 1. The molecule has 0 saturated heterocycles. The van der Waals surface area contributed by atoms with Gasteiger partial charge in [-0.1, -0.05) is 6.07 Å². The largest absolute Gasteiger partial charge is 0.506 e. The summed E-state index contributed by atoms with van der Waals surface area (Å²) in [7, 11) is 1.56. The van der Waals surface area contributed by atoms with Crippen LogP contribution in [0.15, 0.2) is 36.5 Å². The summed E-state index contributed by atoms with van der Waals surface area (Å²) in [5.41, 5.74) is 2.83. The Labute approximate surface area is 133 Å². The third kappa shape index (κ3) is 2.59. The monoisotopic (exact) mass is 311 g/mol. The van der Waals surface area contributed by atoms with Crippen LogP contribution in [0.25, 0.3) is 5.65 Å². The molecule has 0 radical (unpaired) electrons. The van der Waals surface area contributed by atoms with Crippen LogP contribution in [0.5, 0.6) is 11.5 Å². The molecule has 0 unspecified atom stereocenters. The zero-order valence-corrected chi connectivity index (χ0v) is 13.1. The fraction of sp³-hybridized carbons (Fsp3) is 0.176. The number of fused-ring (bicyclic) bond motifs is 1. The smallest absolute Gasteiger partial charge is 0.274 e. The molecule has 0 bridgehead atoms. The van der Waals surface area contributed by atoms with E-state index in [0.29, 0.717) is 28.5 Å². The molecule has 6 nitrogen and oxygen atoms in total. The van der Waals surface area contributed by atoms with Crippen LogP contribution >= 0.6 is 0 Å². The van der Waals surface area contributed by atoms with Crippen molar-refractivity contribution in [2.75, 3.05) is 12.4 Å². The van der Waals surface area contributed by atoms with Crippen LogP contribution < -0.4 is 10.1 Å². The van der Waals surface area contributed by atoms with Crippen molar-refractivity contribution in [3.05, 3.63) is 53.5 Å². The van der Waals surface area contributed by atoms with Gasteiger partial charge in [0.25, 0.3) is 5.91 Å². The Morgan fingerprint density at radius 1 is 1.30 bits per heavy atom. The first-order chi connectivity index (χ1) is 11.0. The fourth-order valence-electron chi connectivity index (χ4n) is 2.52. The minimum atomic E-state index is -0.345. The number of anilines is 1. The summed E-state index contributed by atoms with van der Waals surface area (Å²) < 4.78 is 6.95. The van der Waals surface area contributed by atoms with E-state index in [-0.39, 0.29) is 11.7 Å². The number of phenols is 1. The van der Waals surface area contributed by atoms with Crippen LogP contribution in [-0.2, 0) is 0 Å². The summed E-state index contributed by atoms with van der Waals surface area (Å²) in [5, 5.41) is 12.7. The van der Waals surface area contributed by atoms with Gasteiger partial charge in [-0.2, -0.15) is 0 Å². The second-order valence-electron chi connectivity index (χ2n) is 5.29. The molecule has 0 spiro atoms. The number of methoxy groups -OCH3 is 1. The average Bonchev–Trinajstić information content (AvgIpc) is 2.85. The Morgan fingerprint density at radius 3 is 2.78 bits per heavy atom. The number of phenolic OH excluding ortho intramolecular Hbond substituents is 1. The molecule has 3 aromatic rings. The van der Waals surface area contributed by atoms with E-state index in [2.05, 4.69) is 10.3 Å². The number of hydrogen-bond donors (Lipinski definition) is 2. The maximum Gasteiger partial charge on any atom is 0.274 e. The molecule has 118 valence electrons. The van der Waals surface area contributed by atoms with E-state index in [0.717, 1.165) is 5.56 Å². The van der Waals surface area contributed by atoms with Crippen LogP contribution in [0, 0.1) is 13.8 Å². The topological polar surface area (TPSA) is 75.9 Å². The summed E-state index contributed by atoms with van der Waals surface area (Å²) >= 11 is 0. The van der Waals surface area contributed by atoms with Gasteiger partial charge in [0.1, 0.15) is 11.4 Å². The zero-order chi connectivity index (χ0) is 16.6. The number of nitrogens with one attached hydrogen (secondary N) is 1. The third-order valence-corrected chi connectivity index (χ3v) is 3.62. The van der Waals surface area contributed by atoms with Crippen LogP contribution in [0.1, 0.15) is 21.7 Å². The molecule has 0 aliphatic rings. The number of nitrogens with zero attached hydrogens (tertiary/aromatic N) is 2. The first kappa shape index (κ1) is 14.9. The average molecular weight is 311 g/mol. The fourth-order valence-corrected chi connectivity index (χ4v) is 2.52. The highest BCUT2D eigenvalue weighted by molar-refractivity contribution is 6.05. The van der Waals surface area contributed by atoms with Gasteiger partial charge in [0.15, 0.2) is 11.4 Å². The van der Waals surface area contributed by atoms with Gasteiger partial charge in [-0.15, -0.1) is 0 Å². The SMILES string of the molecule is COc1cccn2c(C(=O)Nc3ccc(C)cc3O)c(C)nc12. The zero-order valence-electron chi connectivity index (χ0n) is 13.1. The van der Waals surface area contributed by atoms with Crippen LogP contribution in [0.3, 0.4) is 0 Å². The maximum absolute atomic E-state index is 12.6. The van der Waals surface area contributed by atoms with Gasteiger partial charge in [0.05, 0.1) is 18.5 Å². The van der Waals surface area contributed by atoms with Gasteiger partial charge in [-0.25, -0.2) is 4.98 Å². The summed E-state index contributed by atoms with van der Waals surface area (Å²) in [6.45, 7) is 3.63. The van der Waals surface area contributed by atoms with Crippen LogP contribution in [0.4, 0.5) is 5.69 Å². The standard InChI is InChI=1S/C17H17N3O3/c1-10-6-7-12(13(21)9-10)19-17(22)15-11(2)18-16-14(23-3)5-4-8-20(15)16/h4-9,21H,1-3H3,(H,19,22). The lowest BCUT2D eigenvalue weighted by Gasteiger charge is -2.09. The molecule has 23 heavy (non-hydrogen) atoms. The summed E-state index contributed by atoms with van der Waals surface area (Å²) in [6, 6.07) is 8.66. The quantitative estimate of drug-likeness (QED) is 0.729. The molecular weight excluding hydrogens is 294 g/mol. The Balaban J connectivity index is 2.03. The van der Waals surface area contributed by atoms with Crippen LogP contribution in [0.2, 0.25) is 0 Å². The number of carbonyl (C=O) groups is 1. The highest BCUT2D eigenvalue weighted by Crippen LogP contribution is 2.26. The lowest BCUT2D eigenvalue weighted by molar-refractivity contribution is 0.102. The van der Waals surface area contributed by atoms with Crippen LogP contribution in [-0.4, -0.2) is 27.5 Å². The third-order valence-electron chi connectivity index (χ3n) is 3.62. The minimum absolute atomic E-state index is 0.0300. The van der Waals surface area contributed by atoms with Crippen molar-refractivity contribution < 1.29 is 14.6 Å². The first-order valence-electron chi connectivity index (χ1n) is 7.14. The highest BCUT2D eigenvalue weighted by Gasteiger charge is 2.19. The van der Waals surface area contributed by atoms with Gasteiger partial charge in [0, 0.05) is 6.20 Å². The molecule has 0 fully saturated rings. The molecule has 2 heterocycles. The molecule has 0 aliphatic carbocycles. The molecule has 3 rings (SSSR count). The van der Waals surface area contributed by atoms with Crippen molar-refractivity contribution in [2.45, 2.75) is 13.8 Å². The number of carbonyl (C=O) groups excluding carboxylic acids is 1. The second-order valence-corrected chi connectivity index (χ2v) is 5.29. The molecule has 1 aromatic carbocycles. The minimum Gasteiger partial charge on any atom is -0.506 e. The van der Waals surface area contributed by atoms with E-state index in [1.807, 2.05) is 13.0 Å². The predicted molar refractivity (Wildman–Crippen MR) is 87.3 cm³/mol. The molecule has 6 heteroatoms. The number of amides is 1. The van der Waals surface area contributed by atoms with E-state index in [1.165, 1.54) is 0 Å². The lowest BCUT2D eigenvalue weighted by atomic mass is 10.2. The molecule has 0 saturated carbocycles. The number of benzene rings is 1. The lowest BCUT2D eigenvalue weighted by Crippen LogP contribution is -2.15. The van der Waals surface area contributed by atoms with Crippen molar-refractivity contribution in [1.29, 1.82) is 0 Å². The van der Waals surface area contributed by atoms with E-state index < -0.39 is 0 Å². The van der Waals surface area contributed by atoms with Gasteiger partial charge < -0.3 is 15.2 Å². The maximum atomic E-state index is 12.6. The van der Waals surface area contributed by atoms with E-state index in [9.17, 15) is 9.90 Å². The molecule has 0 atom stereocenters. The summed E-state index contributed by atoms with van der Waals surface area (Å²) in [5.74, 6) is 0.276. The second kappa shape index (κ2) is 5.64. The number of aryl methyl sites for hydroxylation is 2. The van der Waals surface area contributed by atoms with Crippen molar-refractivity contribution in [3.8, 4) is 11.5 Å². The van der Waals surface area contributed by atoms with Crippen molar-refractivity contribution in [2.24, 2.45) is 0 Å². The van der Waals surface area contributed by atoms with Crippen molar-refractivity contribution in [1.82, 2.24) is 9.38 Å². The molecule has 2 N–H and O–H groups in total. The Morgan fingerprint density at radius 2 is 2.09 bits per heavy atom. The predicted octanol–water partition coefficient (Wildman–Crippen LogP) is 2.92.